The number of hydrogen-bond acceptors (Lipinski definition) is 6. The summed E-state index contributed by atoms with van der Waals surface area (Å²) >= 11 is 3.03. The predicted molar refractivity (Wildman–Crippen MR) is 117 cm³/mol. The van der Waals surface area contributed by atoms with Crippen LogP contribution in [-0.2, 0) is 14.4 Å². The van der Waals surface area contributed by atoms with Crippen molar-refractivity contribution in [3.8, 4) is 10.8 Å². The number of aliphatic hydroxyl groups is 1. The van der Waals surface area contributed by atoms with E-state index in [0.717, 1.165) is 23.6 Å². The average molecular weight is 484 g/mol. The Morgan fingerprint density at radius 2 is 2.00 bits per heavy atom. The summed E-state index contributed by atoms with van der Waals surface area (Å²) in [6.07, 6.45) is 2.07. The summed E-state index contributed by atoms with van der Waals surface area (Å²) < 4.78 is 5.42. The van der Waals surface area contributed by atoms with Crippen molar-refractivity contribution in [3.05, 3.63) is 35.4 Å². The van der Waals surface area contributed by atoms with Crippen LogP contribution >= 0.6 is 15.9 Å². The molecule has 0 bridgehead atoms. The first-order chi connectivity index (χ1) is 14.5. The van der Waals surface area contributed by atoms with Gasteiger partial charge in [-0.15, -0.1) is 0 Å². The van der Waals surface area contributed by atoms with Gasteiger partial charge in [-0.1, -0.05) is 24.9 Å². The second-order valence-corrected chi connectivity index (χ2v) is 6.68. The van der Waals surface area contributed by atoms with E-state index < -0.39 is 25.0 Å². The molecule has 0 aliphatic carbocycles. The zero-order valence-electron chi connectivity index (χ0n) is 17.9. The topological polar surface area (TPSA) is 91.3 Å². The molecule has 2 unspecified atom stereocenters. The molecule has 8 nitrogen and oxygen atoms in total. The summed E-state index contributed by atoms with van der Waals surface area (Å²) in [7, 11) is 1.53. The highest BCUT2D eigenvalue weighted by Crippen LogP contribution is 2.14. The molecule has 1 saturated heterocycles. The largest absolute Gasteiger partial charge is 0.377 e. The highest BCUT2D eigenvalue weighted by atomic mass is 79.9. The second kappa shape index (κ2) is 14.1. The van der Waals surface area contributed by atoms with E-state index in [2.05, 4.69) is 32.1 Å². The average Bonchev–Trinajstić information content (AvgIpc) is 2.79. The number of carbonyl (C=O) groups is 2. The Morgan fingerprint density at radius 1 is 1.33 bits per heavy atom. The Balaban J connectivity index is 0.00000218. The third kappa shape index (κ3) is 8.05. The molecule has 1 aromatic rings. The second-order valence-electron chi connectivity index (χ2n) is 6.29. The summed E-state index contributed by atoms with van der Waals surface area (Å²) in [5.74, 6) is 2.02. The van der Waals surface area contributed by atoms with Gasteiger partial charge in [-0.25, -0.2) is 4.84 Å². The number of aliphatic hydroxyl groups excluding tert-OH is 1. The van der Waals surface area contributed by atoms with Crippen LogP contribution in [0.15, 0.2) is 24.3 Å². The first kappa shape index (κ1) is 26.1. The molecule has 2 atom stereocenters. The molecule has 9 heteroatoms. The SMILES string of the molecule is CC.CC(C(=O)NN(CO)OC1CCCCO1)N(C)C(=O)c1ccc(C#CBr)cc1. The zero-order chi connectivity index (χ0) is 22.5. The molecule has 2 N–H and O–H groups in total. The third-order valence-electron chi connectivity index (χ3n) is 4.35. The van der Waals surface area contributed by atoms with E-state index in [9.17, 15) is 14.7 Å². The minimum Gasteiger partial charge on any atom is -0.377 e. The van der Waals surface area contributed by atoms with E-state index in [1.54, 1.807) is 31.2 Å². The van der Waals surface area contributed by atoms with Crippen LogP contribution in [0.1, 0.15) is 56.0 Å². The van der Waals surface area contributed by atoms with E-state index in [-0.39, 0.29) is 5.91 Å². The number of hydroxylamine groups is 1. The maximum absolute atomic E-state index is 12.6. The molecule has 1 aliphatic rings. The van der Waals surface area contributed by atoms with Crippen molar-refractivity contribution in [3.63, 3.8) is 0 Å². The smallest absolute Gasteiger partial charge is 0.258 e. The van der Waals surface area contributed by atoms with Crippen LogP contribution in [-0.4, -0.2) is 59.7 Å². The Bertz CT molecular complexity index is 726. The molecular weight excluding hydrogens is 454 g/mol. The number of nitrogens with one attached hydrogen (secondary N) is 1. The molecule has 1 fully saturated rings. The zero-order valence-corrected chi connectivity index (χ0v) is 19.4. The summed E-state index contributed by atoms with van der Waals surface area (Å²) in [5, 5.41) is 10.3. The van der Waals surface area contributed by atoms with Gasteiger partial charge in [0.2, 0.25) is 0 Å². The van der Waals surface area contributed by atoms with Gasteiger partial charge in [0.15, 0.2) is 6.29 Å². The van der Waals surface area contributed by atoms with Crippen molar-refractivity contribution in [1.82, 2.24) is 15.5 Å². The molecule has 2 amide bonds. The Labute approximate surface area is 186 Å². The highest BCUT2D eigenvalue weighted by Gasteiger charge is 2.26. The predicted octanol–water partition coefficient (Wildman–Crippen LogP) is 2.62. The number of likely N-dealkylation sites (N-methyl/N-ethyl adjacent to an activating group) is 1. The summed E-state index contributed by atoms with van der Waals surface area (Å²) in [6.45, 7) is 5.61. The van der Waals surface area contributed by atoms with E-state index in [1.165, 1.54) is 11.9 Å². The molecule has 0 spiro atoms. The number of hydrazine groups is 1. The van der Waals surface area contributed by atoms with Crippen LogP contribution < -0.4 is 5.43 Å². The number of benzene rings is 1. The number of carbonyl (C=O) groups excluding carboxylic acids is 2. The van der Waals surface area contributed by atoms with Crippen molar-refractivity contribution in [1.29, 1.82) is 0 Å². The van der Waals surface area contributed by atoms with E-state index in [4.69, 9.17) is 9.57 Å². The lowest BCUT2D eigenvalue weighted by Crippen LogP contribution is -2.53. The van der Waals surface area contributed by atoms with Crippen LogP contribution in [0.25, 0.3) is 0 Å². The minimum absolute atomic E-state index is 0.312. The lowest BCUT2D eigenvalue weighted by Gasteiger charge is -2.30. The Hall–Kier alpha value is -1.96. The van der Waals surface area contributed by atoms with Gasteiger partial charge in [0, 0.05) is 47.1 Å². The maximum Gasteiger partial charge on any atom is 0.258 e. The minimum atomic E-state index is -0.792. The normalized spacial score (nSPS) is 16.4. The van der Waals surface area contributed by atoms with Gasteiger partial charge >= 0.3 is 0 Å². The number of ether oxygens (including phenoxy) is 1. The van der Waals surface area contributed by atoms with Gasteiger partial charge in [0.1, 0.15) is 12.8 Å². The van der Waals surface area contributed by atoms with E-state index in [1.807, 2.05) is 13.8 Å². The third-order valence-corrected chi connectivity index (χ3v) is 4.55. The Kier molecular flexibility index (Phi) is 12.3. The van der Waals surface area contributed by atoms with Gasteiger partial charge in [-0.2, -0.15) is 0 Å². The van der Waals surface area contributed by atoms with Crippen LogP contribution in [0.3, 0.4) is 0 Å². The maximum atomic E-state index is 12.6. The molecule has 0 aromatic heterocycles. The van der Waals surface area contributed by atoms with Gasteiger partial charge in [0.25, 0.3) is 11.8 Å². The van der Waals surface area contributed by atoms with Crippen molar-refractivity contribution in [2.45, 2.75) is 52.4 Å². The fraction of sp³-hybridized carbons (Fsp3) is 0.524. The van der Waals surface area contributed by atoms with Gasteiger partial charge in [-0.3, -0.25) is 15.0 Å². The molecule has 0 saturated carbocycles. The van der Waals surface area contributed by atoms with Crippen LogP contribution in [0, 0.1) is 10.8 Å². The molecule has 1 aliphatic heterocycles. The number of amides is 2. The van der Waals surface area contributed by atoms with Crippen molar-refractivity contribution >= 4 is 27.7 Å². The molecule has 0 radical (unpaired) electrons. The number of halogens is 1. The van der Waals surface area contributed by atoms with Crippen LogP contribution in [0.5, 0.6) is 0 Å². The first-order valence-electron chi connectivity index (χ1n) is 9.92. The highest BCUT2D eigenvalue weighted by molar-refractivity contribution is 9.12. The standard InChI is InChI=1S/C19H24BrN3O5.C2H6/c1-14(18(25)21-23(13-24)28-17-5-3-4-12-27-17)22(2)19(26)16-8-6-15(7-9-16)10-11-20;1-2/h6-9,14,17,24H,3-5,12-13H2,1-2H3,(H,21,25);1-2H3. The molecule has 30 heavy (non-hydrogen) atoms. The van der Waals surface area contributed by atoms with Crippen molar-refractivity contribution in [2.24, 2.45) is 0 Å². The lowest BCUT2D eigenvalue weighted by molar-refractivity contribution is -0.323. The van der Waals surface area contributed by atoms with Crippen LogP contribution in [0.2, 0.25) is 0 Å². The lowest BCUT2D eigenvalue weighted by atomic mass is 10.1. The van der Waals surface area contributed by atoms with Crippen LogP contribution in [0.4, 0.5) is 0 Å². The summed E-state index contributed by atoms with van der Waals surface area (Å²) in [5.41, 5.74) is 3.66. The van der Waals surface area contributed by atoms with E-state index in [0.29, 0.717) is 18.6 Å². The number of nitrogens with zero attached hydrogens (tertiary/aromatic N) is 2. The van der Waals surface area contributed by atoms with Gasteiger partial charge < -0.3 is 14.7 Å². The Morgan fingerprint density at radius 3 is 2.53 bits per heavy atom. The summed E-state index contributed by atoms with van der Waals surface area (Å²) in [6, 6.07) is 5.97. The quantitative estimate of drug-likeness (QED) is 0.351. The fourth-order valence-electron chi connectivity index (χ4n) is 2.55. The fourth-order valence-corrected chi connectivity index (χ4v) is 2.78. The van der Waals surface area contributed by atoms with E-state index >= 15 is 0 Å². The monoisotopic (exact) mass is 483 g/mol. The number of hydrogen-bond donors (Lipinski definition) is 2. The number of rotatable bonds is 7. The molecule has 1 heterocycles. The molecular formula is C21H30BrN3O5. The van der Waals surface area contributed by atoms with Crippen molar-refractivity contribution < 1.29 is 24.3 Å². The molecule has 166 valence electrons. The van der Waals surface area contributed by atoms with Crippen molar-refractivity contribution in [2.75, 3.05) is 20.4 Å². The van der Waals surface area contributed by atoms with Gasteiger partial charge in [0.05, 0.1) is 0 Å². The summed E-state index contributed by atoms with van der Waals surface area (Å²) in [4.78, 5) is 34.4. The first-order valence-corrected chi connectivity index (χ1v) is 10.7. The molecule has 2 rings (SSSR count). The molecule has 1 aromatic carbocycles. The van der Waals surface area contributed by atoms with Gasteiger partial charge in [-0.05, 0) is 48.9 Å².